The molecule has 0 unspecified atom stereocenters. The van der Waals surface area contributed by atoms with E-state index in [1.54, 1.807) is 13.2 Å². The number of benzene rings is 2. The van der Waals surface area contributed by atoms with E-state index in [-0.39, 0.29) is 5.91 Å². The molecule has 4 rings (SSSR count). The third-order valence-corrected chi connectivity index (χ3v) is 4.94. The summed E-state index contributed by atoms with van der Waals surface area (Å²) < 4.78 is 7.07. The van der Waals surface area contributed by atoms with Crippen LogP contribution in [-0.2, 0) is 0 Å². The lowest BCUT2D eigenvalue weighted by Crippen LogP contribution is -2.14. The molecule has 0 fully saturated rings. The lowest BCUT2D eigenvalue weighted by molar-refractivity contribution is 0.102. The number of aromatic nitrogens is 3. The van der Waals surface area contributed by atoms with E-state index in [4.69, 9.17) is 4.74 Å². The molecule has 0 atom stereocenters. The van der Waals surface area contributed by atoms with Crippen LogP contribution in [0.1, 0.15) is 27.4 Å². The SMILES string of the molecule is COc1ccc2nc(C(=O)Nc3c(C)nn(-c4ccc(C)cc4)c3C)ccc2c1. The van der Waals surface area contributed by atoms with Crippen LogP contribution in [0.5, 0.6) is 5.75 Å². The topological polar surface area (TPSA) is 69.0 Å². The highest BCUT2D eigenvalue weighted by Gasteiger charge is 2.17. The number of fused-ring (bicyclic) bond motifs is 1. The van der Waals surface area contributed by atoms with Crippen LogP contribution in [0.15, 0.2) is 54.6 Å². The van der Waals surface area contributed by atoms with Gasteiger partial charge in [0.05, 0.1) is 35.4 Å². The Kier molecular flexibility index (Phi) is 4.76. The van der Waals surface area contributed by atoms with E-state index in [2.05, 4.69) is 15.4 Å². The molecule has 2 heterocycles. The molecular weight excluding hydrogens is 364 g/mol. The Bertz CT molecular complexity index is 1210. The maximum absolute atomic E-state index is 12.8. The minimum Gasteiger partial charge on any atom is -0.497 e. The standard InChI is InChI=1S/C23H22N4O2/c1-14-5-8-18(9-6-14)27-16(3)22(15(2)26-27)25-23(28)21-11-7-17-13-19(29-4)10-12-20(17)24-21/h5-13H,1-4H3,(H,25,28). The molecule has 1 amide bonds. The average Bonchev–Trinajstić information content (AvgIpc) is 3.01. The second-order valence-corrected chi connectivity index (χ2v) is 7.00. The fraction of sp³-hybridized carbons (Fsp3) is 0.174. The van der Waals surface area contributed by atoms with Crippen molar-refractivity contribution in [2.75, 3.05) is 12.4 Å². The summed E-state index contributed by atoms with van der Waals surface area (Å²) in [6.07, 6.45) is 0. The molecule has 2 aromatic heterocycles. The summed E-state index contributed by atoms with van der Waals surface area (Å²) in [5, 5.41) is 8.48. The van der Waals surface area contributed by atoms with Gasteiger partial charge < -0.3 is 10.1 Å². The number of hydrogen-bond acceptors (Lipinski definition) is 4. The van der Waals surface area contributed by atoms with Crippen LogP contribution < -0.4 is 10.1 Å². The van der Waals surface area contributed by atoms with Gasteiger partial charge in [0, 0.05) is 5.39 Å². The van der Waals surface area contributed by atoms with Crippen molar-refractivity contribution in [2.24, 2.45) is 0 Å². The number of methoxy groups -OCH3 is 1. The normalized spacial score (nSPS) is 10.9. The molecular formula is C23H22N4O2. The lowest BCUT2D eigenvalue weighted by Gasteiger charge is -2.08. The number of hydrogen-bond donors (Lipinski definition) is 1. The van der Waals surface area contributed by atoms with Crippen molar-refractivity contribution in [1.29, 1.82) is 0 Å². The van der Waals surface area contributed by atoms with Gasteiger partial charge in [0.2, 0.25) is 0 Å². The van der Waals surface area contributed by atoms with Crippen LogP contribution in [-0.4, -0.2) is 27.8 Å². The summed E-state index contributed by atoms with van der Waals surface area (Å²) in [6.45, 7) is 5.87. The van der Waals surface area contributed by atoms with E-state index in [0.717, 1.165) is 33.7 Å². The maximum Gasteiger partial charge on any atom is 0.274 e. The first-order valence-corrected chi connectivity index (χ1v) is 9.35. The summed E-state index contributed by atoms with van der Waals surface area (Å²) in [5.41, 5.74) is 5.55. The Labute approximate surface area is 169 Å². The number of ether oxygens (including phenoxy) is 1. The zero-order valence-electron chi connectivity index (χ0n) is 16.9. The molecule has 0 saturated heterocycles. The predicted octanol–water partition coefficient (Wildman–Crippen LogP) is 4.61. The minimum atomic E-state index is -0.266. The van der Waals surface area contributed by atoms with Gasteiger partial charge in [-0.3, -0.25) is 4.79 Å². The van der Waals surface area contributed by atoms with Crippen LogP contribution >= 0.6 is 0 Å². The Balaban J connectivity index is 1.63. The Morgan fingerprint density at radius 1 is 1.00 bits per heavy atom. The molecule has 0 aliphatic carbocycles. The molecule has 0 bridgehead atoms. The van der Waals surface area contributed by atoms with Crippen molar-refractivity contribution in [3.05, 3.63) is 77.2 Å². The zero-order valence-corrected chi connectivity index (χ0v) is 16.9. The second-order valence-electron chi connectivity index (χ2n) is 7.00. The van der Waals surface area contributed by atoms with Crippen molar-refractivity contribution in [1.82, 2.24) is 14.8 Å². The Morgan fingerprint density at radius 2 is 1.76 bits per heavy atom. The summed E-state index contributed by atoms with van der Waals surface area (Å²) in [7, 11) is 1.62. The fourth-order valence-electron chi connectivity index (χ4n) is 3.30. The number of carbonyl (C=O) groups excluding carboxylic acids is 1. The van der Waals surface area contributed by atoms with Crippen molar-refractivity contribution in [2.45, 2.75) is 20.8 Å². The fourth-order valence-corrected chi connectivity index (χ4v) is 3.30. The van der Waals surface area contributed by atoms with Gasteiger partial charge in [-0.25, -0.2) is 9.67 Å². The molecule has 4 aromatic rings. The van der Waals surface area contributed by atoms with Crippen molar-refractivity contribution in [3.63, 3.8) is 0 Å². The molecule has 29 heavy (non-hydrogen) atoms. The monoisotopic (exact) mass is 386 g/mol. The van der Waals surface area contributed by atoms with Crippen molar-refractivity contribution >= 4 is 22.5 Å². The minimum absolute atomic E-state index is 0.266. The highest BCUT2D eigenvalue weighted by atomic mass is 16.5. The number of nitrogens with zero attached hydrogens (tertiary/aromatic N) is 3. The van der Waals surface area contributed by atoms with Gasteiger partial charge in [0.25, 0.3) is 5.91 Å². The van der Waals surface area contributed by atoms with Crippen molar-refractivity contribution in [3.8, 4) is 11.4 Å². The third kappa shape index (κ3) is 3.57. The van der Waals surface area contributed by atoms with Gasteiger partial charge in [-0.05, 0) is 57.2 Å². The first-order valence-electron chi connectivity index (χ1n) is 9.35. The molecule has 0 radical (unpaired) electrons. The largest absolute Gasteiger partial charge is 0.497 e. The molecule has 0 saturated carbocycles. The average molecular weight is 386 g/mol. The van der Waals surface area contributed by atoms with Crippen molar-refractivity contribution < 1.29 is 9.53 Å². The first kappa shape index (κ1) is 18.7. The van der Waals surface area contributed by atoms with Crippen LogP contribution in [0.3, 0.4) is 0 Å². The van der Waals surface area contributed by atoms with Crippen LogP contribution in [0.25, 0.3) is 16.6 Å². The van der Waals surface area contributed by atoms with Gasteiger partial charge in [0.15, 0.2) is 0 Å². The molecule has 146 valence electrons. The quantitative estimate of drug-likeness (QED) is 0.556. The number of anilines is 1. The highest BCUT2D eigenvalue weighted by molar-refractivity contribution is 6.04. The third-order valence-electron chi connectivity index (χ3n) is 4.94. The van der Waals surface area contributed by atoms with E-state index >= 15 is 0 Å². The maximum atomic E-state index is 12.8. The van der Waals surface area contributed by atoms with Crippen LogP contribution in [0.4, 0.5) is 5.69 Å². The number of aryl methyl sites for hydroxylation is 2. The van der Waals surface area contributed by atoms with E-state index < -0.39 is 0 Å². The highest BCUT2D eigenvalue weighted by Crippen LogP contribution is 2.24. The van der Waals surface area contributed by atoms with E-state index in [0.29, 0.717) is 11.4 Å². The van der Waals surface area contributed by atoms with Crippen LogP contribution in [0, 0.1) is 20.8 Å². The molecule has 0 spiro atoms. The summed E-state index contributed by atoms with van der Waals surface area (Å²) in [4.78, 5) is 17.3. The lowest BCUT2D eigenvalue weighted by atomic mass is 10.2. The molecule has 6 nitrogen and oxygen atoms in total. The smallest absolute Gasteiger partial charge is 0.274 e. The molecule has 0 aliphatic rings. The van der Waals surface area contributed by atoms with Crippen LogP contribution in [0.2, 0.25) is 0 Å². The zero-order chi connectivity index (χ0) is 20.5. The van der Waals surface area contributed by atoms with E-state index in [1.807, 2.05) is 74.0 Å². The predicted molar refractivity (Wildman–Crippen MR) is 114 cm³/mol. The van der Waals surface area contributed by atoms with Gasteiger partial charge in [0.1, 0.15) is 11.4 Å². The van der Waals surface area contributed by atoms with E-state index in [9.17, 15) is 4.79 Å². The number of amides is 1. The number of rotatable bonds is 4. The Morgan fingerprint density at radius 3 is 2.48 bits per heavy atom. The summed E-state index contributed by atoms with van der Waals surface area (Å²) in [6, 6.07) is 17.3. The summed E-state index contributed by atoms with van der Waals surface area (Å²) >= 11 is 0. The molecule has 1 N–H and O–H groups in total. The number of nitrogens with one attached hydrogen (secondary N) is 1. The Hall–Kier alpha value is -3.67. The van der Waals surface area contributed by atoms with E-state index in [1.165, 1.54) is 5.56 Å². The number of pyridine rings is 1. The molecule has 2 aromatic carbocycles. The summed E-state index contributed by atoms with van der Waals surface area (Å²) in [5.74, 6) is 0.489. The number of carbonyl (C=O) groups is 1. The molecule has 6 heteroatoms. The van der Waals surface area contributed by atoms with Gasteiger partial charge in [-0.15, -0.1) is 0 Å². The first-order chi connectivity index (χ1) is 14.0. The molecule has 0 aliphatic heterocycles. The van der Waals surface area contributed by atoms with Gasteiger partial charge >= 0.3 is 0 Å². The second kappa shape index (κ2) is 7.39. The van der Waals surface area contributed by atoms with Gasteiger partial charge in [-0.2, -0.15) is 5.10 Å². The van der Waals surface area contributed by atoms with Gasteiger partial charge in [-0.1, -0.05) is 23.8 Å².